The zero-order valence-electron chi connectivity index (χ0n) is 13.6. The standard InChI is InChI=1S/C17H20N2O4S/c1-17(2,16(20)21)9-10-18-11-12-7-8-15(24-12)13-5-3-4-6-14(13)19(22)23/h3-8,18H,9-11H2,1-2H3,(H,20,21). The molecule has 2 aromatic rings. The third kappa shape index (κ3) is 4.39. The molecule has 2 N–H and O–H groups in total. The molecule has 1 aromatic carbocycles. The fourth-order valence-corrected chi connectivity index (χ4v) is 3.19. The lowest BCUT2D eigenvalue weighted by atomic mass is 9.90. The third-order valence-electron chi connectivity index (χ3n) is 3.83. The first kappa shape index (κ1) is 18.1. The maximum Gasteiger partial charge on any atom is 0.309 e. The molecule has 0 unspecified atom stereocenters. The quantitative estimate of drug-likeness (QED) is 0.428. The number of hydrogen-bond donors (Lipinski definition) is 2. The molecule has 2 rings (SSSR count). The van der Waals surface area contributed by atoms with E-state index in [2.05, 4.69) is 5.32 Å². The van der Waals surface area contributed by atoms with Gasteiger partial charge in [-0.05, 0) is 45.0 Å². The van der Waals surface area contributed by atoms with E-state index in [9.17, 15) is 14.9 Å². The van der Waals surface area contributed by atoms with Gasteiger partial charge >= 0.3 is 5.97 Å². The highest BCUT2D eigenvalue weighted by Crippen LogP contribution is 2.34. The van der Waals surface area contributed by atoms with Crippen molar-refractivity contribution < 1.29 is 14.8 Å². The van der Waals surface area contributed by atoms with E-state index in [1.165, 1.54) is 17.4 Å². The highest BCUT2D eigenvalue weighted by Gasteiger charge is 2.26. The Morgan fingerprint density at radius 1 is 1.29 bits per heavy atom. The number of thiophene rings is 1. The van der Waals surface area contributed by atoms with Gasteiger partial charge in [0.1, 0.15) is 0 Å². The van der Waals surface area contributed by atoms with Gasteiger partial charge in [0, 0.05) is 22.4 Å². The summed E-state index contributed by atoms with van der Waals surface area (Å²) in [5.41, 5.74) is -0.0361. The first-order valence-electron chi connectivity index (χ1n) is 7.58. The predicted octanol–water partition coefficient (Wildman–Crippen LogP) is 3.91. The van der Waals surface area contributed by atoms with Crippen molar-refractivity contribution in [2.24, 2.45) is 5.41 Å². The lowest BCUT2D eigenvalue weighted by Gasteiger charge is -2.18. The molecule has 7 heteroatoms. The maximum atomic E-state index is 11.1. The Hall–Kier alpha value is -2.25. The normalized spacial score (nSPS) is 11.4. The Bertz CT molecular complexity index is 740. The van der Waals surface area contributed by atoms with Crippen LogP contribution in [0, 0.1) is 15.5 Å². The highest BCUT2D eigenvalue weighted by atomic mass is 32.1. The molecule has 1 aromatic heterocycles. The number of nitro groups is 1. The Morgan fingerprint density at radius 2 is 2.00 bits per heavy atom. The van der Waals surface area contributed by atoms with Crippen molar-refractivity contribution in [2.75, 3.05) is 6.54 Å². The van der Waals surface area contributed by atoms with Crippen LogP contribution in [0.15, 0.2) is 36.4 Å². The maximum absolute atomic E-state index is 11.1. The number of benzene rings is 1. The summed E-state index contributed by atoms with van der Waals surface area (Å²) in [7, 11) is 0. The van der Waals surface area contributed by atoms with Gasteiger partial charge in [-0.3, -0.25) is 14.9 Å². The molecule has 0 atom stereocenters. The van der Waals surface area contributed by atoms with E-state index in [4.69, 9.17) is 5.11 Å². The second-order valence-electron chi connectivity index (χ2n) is 6.16. The number of aliphatic carboxylic acids is 1. The summed E-state index contributed by atoms with van der Waals surface area (Å²) in [6, 6.07) is 10.5. The third-order valence-corrected chi connectivity index (χ3v) is 4.95. The number of hydrogen-bond acceptors (Lipinski definition) is 5. The van der Waals surface area contributed by atoms with Gasteiger partial charge in [0.2, 0.25) is 0 Å². The van der Waals surface area contributed by atoms with Gasteiger partial charge in [-0.1, -0.05) is 12.1 Å². The monoisotopic (exact) mass is 348 g/mol. The first-order chi connectivity index (χ1) is 11.3. The minimum atomic E-state index is -0.806. The lowest BCUT2D eigenvalue weighted by molar-refractivity contribution is -0.384. The van der Waals surface area contributed by atoms with Crippen LogP contribution in [0.3, 0.4) is 0 Å². The van der Waals surface area contributed by atoms with Crippen LogP contribution >= 0.6 is 11.3 Å². The average Bonchev–Trinajstić information content (AvgIpc) is 3.00. The van der Waals surface area contributed by atoms with E-state index in [-0.39, 0.29) is 10.6 Å². The van der Waals surface area contributed by atoms with E-state index in [0.29, 0.717) is 25.1 Å². The van der Waals surface area contributed by atoms with Gasteiger partial charge in [-0.2, -0.15) is 0 Å². The first-order valence-corrected chi connectivity index (χ1v) is 8.39. The Balaban J connectivity index is 1.97. The molecular weight excluding hydrogens is 328 g/mol. The fourth-order valence-electron chi connectivity index (χ4n) is 2.18. The van der Waals surface area contributed by atoms with Crippen LogP contribution < -0.4 is 5.32 Å². The van der Waals surface area contributed by atoms with Crippen LogP contribution in [0.2, 0.25) is 0 Å². The molecule has 0 aliphatic rings. The van der Waals surface area contributed by atoms with Gasteiger partial charge in [-0.15, -0.1) is 11.3 Å². The van der Waals surface area contributed by atoms with Crippen molar-refractivity contribution in [1.82, 2.24) is 5.32 Å². The Kier molecular flexibility index (Phi) is 5.69. The van der Waals surface area contributed by atoms with Gasteiger partial charge < -0.3 is 10.4 Å². The van der Waals surface area contributed by atoms with Crippen LogP contribution in [0.25, 0.3) is 10.4 Å². The number of rotatable bonds is 8. The van der Waals surface area contributed by atoms with Crippen LogP contribution in [-0.4, -0.2) is 22.5 Å². The molecule has 0 bridgehead atoms. The summed E-state index contributed by atoms with van der Waals surface area (Å²) in [6.45, 7) is 4.61. The Morgan fingerprint density at radius 3 is 2.67 bits per heavy atom. The zero-order chi connectivity index (χ0) is 17.7. The van der Waals surface area contributed by atoms with Gasteiger partial charge in [0.25, 0.3) is 5.69 Å². The van der Waals surface area contributed by atoms with Crippen LogP contribution in [0.5, 0.6) is 0 Å². The van der Waals surface area contributed by atoms with Crippen LogP contribution in [-0.2, 0) is 11.3 Å². The summed E-state index contributed by atoms with van der Waals surface area (Å²) >= 11 is 1.50. The number of nitro benzene ring substituents is 1. The zero-order valence-corrected chi connectivity index (χ0v) is 14.4. The van der Waals surface area contributed by atoms with Gasteiger partial charge in [-0.25, -0.2) is 0 Å². The number of carboxylic acids is 1. The SMILES string of the molecule is CC(C)(CCNCc1ccc(-c2ccccc2[N+](=O)[O-])s1)C(=O)O. The number of carboxylic acid groups (broad SMARTS) is 1. The molecule has 0 saturated carbocycles. The second-order valence-corrected chi connectivity index (χ2v) is 7.32. The molecule has 0 aliphatic carbocycles. The molecule has 1 heterocycles. The molecule has 0 aliphatic heterocycles. The summed E-state index contributed by atoms with van der Waals surface area (Å²) in [5.74, 6) is -0.806. The van der Waals surface area contributed by atoms with Crippen LogP contribution in [0.4, 0.5) is 5.69 Å². The molecule has 6 nitrogen and oxygen atoms in total. The lowest BCUT2D eigenvalue weighted by Crippen LogP contribution is -2.28. The summed E-state index contributed by atoms with van der Waals surface area (Å²) in [4.78, 5) is 23.7. The summed E-state index contributed by atoms with van der Waals surface area (Å²) < 4.78 is 0. The molecule has 0 radical (unpaired) electrons. The van der Waals surface area contributed by atoms with E-state index in [0.717, 1.165) is 9.75 Å². The molecule has 128 valence electrons. The molecule has 0 amide bonds. The summed E-state index contributed by atoms with van der Waals surface area (Å²) in [6.07, 6.45) is 0.532. The second kappa shape index (κ2) is 7.55. The van der Waals surface area contributed by atoms with Crippen LogP contribution in [0.1, 0.15) is 25.1 Å². The number of nitrogens with one attached hydrogen (secondary N) is 1. The molecular formula is C17H20N2O4S. The van der Waals surface area contributed by atoms with E-state index >= 15 is 0 Å². The van der Waals surface area contributed by atoms with Crippen molar-refractivity contribution in [3.63, 3.8) is 0 Å². The summed E-state index contributed by atoms with van der Waals surface area (Å²) in [5, 5.41) is 23.4. The number of carbonyl (C=O) groups is 1. The van der Waals surface area contributed by atoms with Crippen molar-refractivity contribution >= 4 is 23.0 Å². The molecule has 24 heavy (non-hydrogen) atoms. The van der Waals surface area contributed by atoms with Crippen molar-refractivity contribution in [2.45, 2.75) is 26.8 Å². The van der Waals surface area contributed by atoms with Gasteiger partial charge in [0.15, 0.2) is 0 Å². The molecule has 0 fully saturated rings. The predicted molar refractivity (Wildman–Crippen MR) is 94.1 cm³/mol. The van der Waals surface area contributed by atoms with E-state index < -0.39 is 11.4 Å². The topological polar surface area (TPSA) is 92.5 Å². The van der Waals surface area contributed by atoms with Crippen molar-refractivity contribution in [1.29, 1.82) is 0 Å². The Labute approximate surface area is 144 Å². The smallest absolute Gasteiger partial charge is 0.309 e. The molecule has 0 saturated heterocycles. The molecule has 0 spiro atoms. The van der Waals surface area contributed by atoms with Crippen molar-refractivity contribution in [3.05, 3.63) is 51.4 Å². The average molecular weight is 348 g/mol. The van der Waals surface area contributed by atoms with E-state index in [1.807, 2.05) is 12.1 Å². The minimum Gasteiger partial charge on any atom is -0.481 e. The highest BCUT2D eigenvalue weighted by molar-refractivity contribution is 7.15. The minimum absolute atomic E-state index is 0.0991. The van der Waals surface area contributed by atoms with E-state index in [1.54, 1.807) is 32.0 Å². The fraction of sp³-hybridized carbons (Fsp3) is 0.353. The largest absolute Gasteiger partial charge is 0.481 e. The number of nitrogens with zero attached hydrogens (tertiary/aromatic N) is 1. The van der Waals surface area contributed by atoms with Crippen molar-refractivity contribution in [3.8, 4) is 10.4 Å². The number of para-hydroxylation sites is 1. The van der Waals surface area contributed by atoms with Gasteiger partial charge in [0.05, 0.1) is 15.9 Å².